The van der Waals surface area contributed by atoms with Gasteiger partial charge in [-0.25, -0.2) is 4.98 Å². The molecule has 0 spiro atoms. The van der Waals surface area contributed by atoms with Gasteiger partial charge in [0.25, 0.3) is 5.91 Å². The first-order chi connectivity index (χ1) is 12.3. The van der Waals surface area contributed by atoms with E-state index in [-0.39, 0.29) is 18.1 Å². The number of benzene rings is 1. The molecule has 6 nitrogen and oxygen atoms in total. The fourth-order valence-corrected chi connectivity index (χ4v) is 3.73. The van der Waals surface area contributed by atoms with Crippen molar-refractivity contribution >= 4 is 5.91 Å². The van der Waals surface area contributed by atoms with Crippen LogP contribution in [0.5, 0.6) is 5.75 Å². The van der Waals surface area contributed by atoms with Gasteiger partial charge in [-0.1, -0.05) is 12.1 Å². The Bertz CT molecular complexity index is 765. The van der Waals surface area contributed by atoms with Crippen LogP contribution in [0.3, 0.4) is 0 Å². The quantitative estimate of drug-likeness (QED) is 0.902. The number of nitrogens with one attached hydrogen (secondary N) is 1. The molecule has 1 aromatic heterocycles. The largest absolute Gasteiger partial charge is 0.494 e. The molecule has 2 atom stereocenters. The Hall–Kier alpha value is -2.34. The van der Waals surface area contributed by atoms with Crippen molar-refractivity contribution in [3.05, 3.63) is 47.2 Å². The third-order valence-electron chi connectivity index (χ3n) is 4.86. The van der Waals surface area contributed by atoms with Crippen molar-refractivity contribution in [2.75, 3.05) is 13.2 Å². The van der Waals surface area contributed by atoms with Crippen LogP contribution in [-0.2, 0) is 11.2 Å². The van der Waals surface area contributed by atoms with Gasteiger partial charge in [-0.05, 0) is 49.8 Å². The van der Waals surface area contributed by atoms with Crippen LogP contribution in [-0.4, -0.2) is 24.1 Å². The third-order valence-corrected chi connectivity index (χ3v) is 4.86. The fraction of sp³-hybridized carbons (Fsp3) is 0.474. The summed E-state index contributed by atoms with van der Waals surface area (Å²) in [6.07, 6.45) is 4.75. The van der Waals surface area contributed by atoms with E-state index in [4.69, 9.17) is 13.9 Å². The van der Waals surface area contributed by atoms with E-state index < -0.39 is 0 Å². The zero-order valence-electron chi connectivity index (χ0n) is 14.3. The minimum Gasteiger partial charge on any atom is -0.494 e. The number of hydrogen-bond acceptors (Lipinski definition) is 5. The Morgan fingerprint density at radius 2 is 2.32 bits per heavy atom. The Balaban J connectivity index is 1.52. The van der Waals surface area contributed by atoms with E-state index in [9.17, 15) is 4.79 Å². The van der Waals surface area contributed by atoms with E-state index in [2.05, 4.69) is 16.4 Å². The van der Waals surface area contributed by atoms with E-state index in [1.807, 2.05) is 19.1 Å². The average Bonchev–Trinajstić information content (AvgIpc) is 3.36. The molecule has 1 amide bonds. The van der Waals surface area contributed by atoms with Crippen LogP contribution in [0, 0.1) is 0 Å². The molecule has 0 radical (unpaired) electrons. The van der Waals surface area contributed by atoms with Gasteiger partial charge in [0, 0.05) is 6.61 Å². The van der Waals surface area contributed by atoms with Gasteiger partial charge in [-0.2, -0.15) is 0 Å². The zero-order valence-corrected chi connectivity index (χ0v) is 14.3. The second kappa shape index (κ2) is 6.88. The molecular formula is C19H22N2O4. The van der Waals surface area contributed by atoms with Gasteiger partial charge in [-0.15, -0.1) is 0 Å². The molecule has 0 saturated carbocycles. The number of hydrogen-bond donors (Lipinski definition) is 1. The van der Waals surface area contributed by atoms with Crippen molar-refractivity contribution in [1.82, 2.24) is 10.3 Å². The lowest BCUT2D eigenvalue weighted by Crippen LogP contribution is -2.28. The van der Waals surface area contributed by atoms with Crippen LogP contribution in [0.1, 0.15) is 65.7 Å². The average molecular weight is 342 g/mol. The minimum atomic E-state index is -0.209. The van der Waals surface area contributed by atoms with Gasteiger partial charge in [0.15, 0.2) is 17.8 Å². The summed E-state index contributed by atoms with van der Waals surface area (Å²) >= 11 is 0. The van der Waals surface area contributed by atoms with Crippen LogP contribution in [0.25, 0.3) is 0 Å². The molecular weight excluding hydrogens is 320 g/mol. The summed E-state index contributed by atoms with van der Waals surface area (Å²) in [5.41, 5.74) is 2.65. The van der Waals surface area contributed by atoms with Crippen LogP contribution < -0.4 is 10.1 Å². The Morgan fingerprint density at radius 3 is 3.12 bits per heavy atom. The summed E-state index contributed by atoms with van der Waals surface area (Å²) in [6.45, 7) is 3.31. The van der Waals surface area contributed by atoms with Gasteiger partial charge >= 0.3 is 0 Å². The molecule has 2 aromatic rings. The van der Waals surface area contributed by atoms with Crippen molar-refractivity contribution in [2.24, 2.45) is 0 Å². The maximum Gasteiger partial charge on any atom is 0.274 e. The molecule has 1 N–H and O–H groups in total. The van der Waals surface area contributed by atoms with Gasteiger partial charge in [0.05, 0.1) is 12.6 Å². The fourth-order valence-electron chi connectivity index (χ4n) is 3.73. The standard InChI is InChI=1S/C19H22N2O4/c1-2-23-15-6-3-5-12-13(15)8-9-14(12)21-19(22)17-18(25-11-20-17)16-7-4-10-24-16/h3,5-6,11,14,16H,2,4,7-10H2,1H3,(H,21,22)/t14-,16+/m1/s1. The van der Waals surface area contributed by atoms with E-state index in [1.165, 1.54) is 12.0 Å². The number of oxazole rings is 1. The molecule has 4 rings (SSSR count). The third kappa shape index (κ3) is 3.02. The summed E-state index contributed by atoms with van der Waals surface area (Å²) in [5.74, 6) is 1.24. The number of carbonyl (C=O) groups excluding carboxylic acids is 1. The topological polar surface area (TPSA) is 73.6 Å². The lowest BCUT2D eigenvalue weighted by molar-refractivity contribution is 0.0852. The normalized spacial score (nSPS) is 22.0. The first-order valence-corrected chi connectivity index (χ1v) is 8.88. The summed E-state index contributed by atoms with van der Waals surface area (Å²) in [7, 11) is 0. The number of rotatable bonds is 5. The predicted molar refractivity (Wildman–Crippen MR) is 90.6 cm³/mol. The second-order valence-corrected chi connectivity index (χ2v) is 6.39. The predicted octanol–water partition coefficient (Wildman–Crippen LogP) is 3.34. The van der Waals surface area contributed by atoms with Gasteiger partial charge < -0.3 is 19.2 Å². The highest BCUT2D eigenvalue weighted by atomic mass is 16.5. The number of carbonyl (C=O) groups is 1. The van der Waals surface area contributed by atoms with Gasteiger partial charge in [0.2, 0.25) is 0 Å². The summed E-state index contributed by atoms with van der Waals surface area (Å²) in [4.78, 5) is 16.9. The van der Waals surface area contributed by atoms with Crippen molar-refractivity contribution in [3.63, 3.8) is 0 Å². The SMILES string of the molecule is CCOc1cccc2c1CC[C@H]2NC(=O)c1ncoc1[C@@H]1CCCO1. The first kappa shape index (κ1) is 16.1. The van der Waals surface area contributed by atoms with E-state index >= 15 is 0 Å². The lowest BCUT2D eigenvalue weighted by Gasteiger charge is -2.15. The molecule has 1 aliphatic heterocycles. The zero-order chi connectivity index (χ0) is 17.2. The molecule has 0 bridgehead atoms. The van der Waals surface area contributed by atoms with Crippen molar-refractivity contribution in [1.29, 1.82) is 0 Å². The minimum absolute atomic E-state index is 0.0306. The van der Waals surface area contributed by atoms with Gasteiger partial charge in [-0.3, -0.25) is 4.79 Å². The maximum absolute atomic E-state index is 12.7. The highest BCUT2D eigenvalue weighted by Gasteiger charge is 2.31. The second-order valence-electron chi connectivity index (χ2n) is 6.39. The number of nitrogens with zero attached hydrogens (tertiary/aromatic N) is 1. The van der Waals surface area contributed by atoms with Crippen LogP contribution in [0.15, 0.2) is 29.0 Å². The number of ether oxygens (including phenoxy) is 2. The van der Waals surface area contributed by atoms with Crippen molar-refractivity contribution < 1.29 is 18.7 Å². The smallest absolute Gasteiger partial charge is 0.274 e. The van der Waals surface area contributed by atoms with Gasteiger partial charge in [0.1, 0.15) is 11.9 Å². The molecule has 1 aromatic carbocycles. The summed E-state index contributed by atoms with van der Waals surface area (Å²) in [5, 5.41) is 3.10. The molecule has 1 saturated heterocycles. The first-order valence-electron chi connectivity index (χ1n) is 8.88. The van der Waals surface area contributed by atoms with Crippen molar-refractivity contribution in [2.45, 2.75) is 44.8 Å². The van der Waals surface area contributed by atoms with Crippen molar-refractivity contribution in [3.8, 4) is 5.75 Å². The van der Waals surface area contributed by atoms with E-state index in [0.29, 0.717) is 24.7 Å². The number of amides is 1. The van der Waals surface area contributed by atoms with Crippen LogP contribution in [0.4, 0.5) is 0 Å². The Morgan fingerprint density at radius 1 is 1.40 bits per heavy atom. The lowest BCUT2D eigenvalue weighted by atomic mass is 10.1. The molecule has 132 valence electrons. The number of fused-ring (bicyclic) bond motifs is 1. The van der Waals surface area contributed by atoms with Crippen LogP contribution in [0.2, 0.25) is 0 Å². The highest BCUT2D eigenvalue weighted by molar-refractivity contribution is 5.93. The molecule has 0 unspecified atom stereocenters. The molecule has 2 aliphatic rings. The molecule has 6 heteroatoms. The summed E-state index contributed by atoms with van der Waals surface area (Å²) < 4.78 is 16.8. The molecule has 2 heterocycles. The van der Waals surface area contributed by atoms with E-state index in [1.54, 1.807) is 0 Å². The molecule has 1 aliphatic carbocycles. The molecule has 25 heavy (non-hydrogen) atoms. The van der Waals surface area contributed by atoms with Crippen LogP contribution >= 0.6 is 0 Å². The number of aromatic nitrogens is 1. The van der Waals surface area contributed by atoms with E-state index in [0.717, 1.165) is 37.0 Å². The Labute approximate surface area is 146 Å². The monoisotopic (exact) mass is 342 g/mol. The maximum atomic E-state index is 12.7. The summed E-state index contributed by atoms with van der Waals surface area (Å²) in [6, 6.07) is 5.98. The molecule has 1 fully saturated rings. The Kier molecular flexibility index (Phi) is 4.44. The highest BCUT2D eigenvalue weighted by Crippen LogP contribution is 2.37.